The lowest BCUT2D eigenvalue weighted by atomic mass is 10.1. The summed E-state index contributed by atoms with van der Waals surface area (Å²) >= 11 is 0. The smallest absolute Gasteiger partial charge is 0.226 e. The second kappa shape index (κ2) is 7.17. The van der Waals surface area contributed by atoms with Crippen molar-refractivity contribution < 1.29 is 18.0 Å². The second-order valence-corrected chi connectivity index (χ2v) is 5.27. The molecule has 23 heavy (non-hydrogen) atoms. The van der Waals surface area contributed by atoms with Gasteiger partial charge in [-0.15, -0.1) is 0 Å². The SMILES string of the molecule is Cc1ccc(C)c(NC(=O)CCNc2ccc(F)c(F)c2F)c1. The lowest BCUT2D eigenvalue weighted by Crippen LogP contribution is -2.17. The molecule has 0 bridgehead atoms. The van der Waals surface area contributed by atoms with Crippen LogP contribution in [0.5, 0.6) is 0 Å². The van der Waals surface area contributed by atoms with Gasteiger partial charge in [-0.25, -0.2) is 13.2 Å². The van der Waals surface area contributed by atoms with Gasteiger partial charge in [-0.3, -0.25) is 4.79 Å². The van der Waals surface area contributed by atoms with Crippen molar-refractivity contribution in [2.75, 3.05) is 17.2 Å². The molecule has 2 aromatic rings. The van der Waals surface area contributed by atoms with Gasteiger partial charge < -0.3 is 10.6 Å². The van der Waals surface area contributed by atoms with E-state index in [1.165, 1.54) is 0 Å². The van der Waals surface area contributed by atoms with E-state index in [0.29, 0.717) is 5.69 Å². The van der Waals surface area contributed by atoms with Gasteiger partial charge in [0.25, 0.3) is 0 Å². The molecule has 1 amide bonds. The number of rotatable bonds is 5. The van der Waals surface area contributed by atoms with Crippen LogP contribution in [0.25, 0.3) is 0 Å². The Bertz CT molecular complexity index is 732. The number of carbonyl (C=O) groups excluding carboxylic acids is 1. The van der Waals surface area contributed by atoms with E-state index in [9.17, 15) is 18.0 Å². The predicted octanol–water partition coefficient (Wildman–Crippen LogP) is 4.16. The molecule has 0 fully saturated rings. The topological polar surface area (TPSA) is 41.1 Å². The van der Waals surface area contributed by atoms with Gasteiger partial charge >= 0.3 is 0 Å². The average molecular weight is 322 g/mol. The largest absolute Gasteiger partial charge is 0.382 e. The lowest BCUT2D eigenvalue weighted by Gasteiger charge is -2.11. The first-order valence-electron chi connectivity index (χ1n) is 7.13. The fraction of sp³-hybridized carbons (Fsp3) is 0.235. The summed E-state index contributed by atoms with van der Waals surface area (Å²) in [5.74, 6) is -4.33. The highest BCUT2D eigenvalue weighted by Gasteiger charge is 2.13. The van der Waals surface area contributed by atoms with Crippen LogP contribution in [0.1, 0.15) is 17.5 Å². The van der Waals surface area contributed by atoms with E-state index in [1.54, 1.807) is 0 Å². The maximum atomic E-state index is 13.5. The molecular formula is C17H17F3N2O. The van der Waals surface area contributed by atoms with Gasteiger partial charge in [0.05, 0.1) is 5.69 Å². The Labute approximate surface area is 132 Å². The van der Waals surface area contributed by atoms with Crippen LogP contribution in [0, 0.1) is 31.3 Å². The lowest BCUT2D eigenvalue weighted by molar-refractivity contribution is -0.115. The van der Waals surface area contributed by atoms with Gasteiger partial charge in [0, 0.05) is 18.7 Å². The zero-order valence-electron chi connectivity index (χ0n) is 12.8. The number of amides is 1. The van der Waals surface area contributed by atoms with Crippen molar-refractivity contribution in [3.05, 3.63) is 58.9 Å². The van der Waals surface area contributed by atoms with Crippen LogP contribution in [0.3, 0.4) is 0 Å². The third-order valence-electron chi connectivity index (χ3n) is 3.37. The van der Waals surface area contributed by atoms with Crippen LogP contribution in [-0.4, -0.2) is 12.5 Å². The van der Waals surface area contributed by atoms with Gasteiger partial charge in [-0.1, -0.05) is 12.1 Å². The van der Waals surface area contributed by atoms with Crippen molar-refractivity contribution in [2.24, 2.45) is 0 Å². The molecule has 0 saturated heterocycles. The van der Waals surface area contributed by atoms with E-state index in [0.717, 1.165) is 23.3 Å². The van der Waals surface area contributed by atoms with Crippen LogP contribution in [0.2, 0.25) is 0 Å². The zero-order valence-corrected chi connectivity index (χ0v) is 12.8. The number of benzene rings is 2. The third-order valence-corrected chi connectivity index (χ3v) is 3.37. The van der Waals surface area contributed by atoms with Gasteiger partial charge in [0.1, 0.15) is 0 Å². The maximum absolute atomic E-state index is 13.5. The highest BCUT2D eigenvalue weighted by Crippen LogP contribution is 2.20. The minimum atomic E-state index is -1.53. The maximum Gasteiger partial charge on any atom is 0.226 e. The summed E-state index contributed by atoms with van der Waals surface area (Å²) in [6, 6.07) is 7.63. The number of anilines is 2. The van der Waals surface area contributed by atoms with Crippen molar-refractivity contribution in [1.82, 2.24) is 0 Å². The Morgan fingerprint density at radius 2 is 1.74 bits per heavy atom. The van der Waals surface area contributed by atoms with Gasteiger partial charge in [0.2, 0.25) is 5.91 Å². The Kier molecular flexibility index (Phi) is 5.26. The summed E-state index contributed by atoms with van der Waals surface area (Å²) < 4.78 is 39.3. The number of halogens is 3. The normalized spacial score (nSPS) is 10.5. The quantitative estimate of drug-likeness (QED) is 0.812. The van der Waals surface area contributed by atoms with Crippen molar-refractivity contribution in [1.29, 1.82) is 0 Å². The number of carbonyl (C=O) groups is 1. The minimum Gasteiger partial charge on any atom is -0.382 e. The van der Waals surface area contributed by atoms with E-state index in [-0.39, 0.29) is 24.6 Å². The molecule has 3 nitrogen and oxygen atoms in total. The Morgan fingerprint density at radius 3 is 2.48 bits per heavy atom. The molecule has 0 unspecified atom stereocenters. The van der Waals surface area contributed by atoms with E-state index in [2.05, 4.69) is 10.6 Å². The second-order valence-electron chi connectivity index (χ2n) is 5.27. The summed E-state index contributed by atoms with van der Waals surface area (Å²) in [7, 11) is 0. The standard InChI is InChI=1S/C17H17F3N2O/c1-10-3-4-11(2)14(9-10)22-15(23)7-8-21-13-6-5-12(18)16(19)17(13)20/h3-6,9,21H,7-8H2,1-2H3,(H,22,23). The van der Waals surface area contributed by atoms with E-state index in [4.69, 9.17) is 0 Å². The average Bonchev–Trinajstić information content (AvgIpc) is 2.51. The molecule has 0 aliphatic carbocycles. The van der Waals surface area contributed by atoms with E-state index >= 15 is 0 Å². The number of nitrogens with one attached hydrogen (secondary N) is 2. The van der Waals surface area contributed by atoms with Crippen molar-refractivity contribution in [2.45, 2.75) is 20.3 Å². The van der Waals surface area contributed by atoms with Crippen LogP contribution < -0.4 is 10.6 Å². The Hall–Kier alpha value is -2.50. The summed E-state index contributed by atoms with van der Waals surface area (Å²) in [6.07, 6.45) is 0.0613. The molecule has 0 spiro atoms. The number of aryl methyl sites for hydroxylation is 2. The first kappa shape index (κ1) is 16.9. The monoisotopic (exact) mass is 322 g/mol. The molecule has 2 N–H and O–H groups in total. The number of hydrogen-bond acceptors (Lipinski definition) is 2. The predicted molar refractivity (Wildman–Crippen MR) is 84.0 cm³/mol. The Morgan fingerprint density at radius 1 is 1.00 bits per heavy atom. The Balaban J connectivity index is 1.90. The van der Waals surface area contributed by atoms with E-state index < -0.39 is 17.5 Å². The molecule has 0 radical (unpaired) electrons. The minimum absolute atomic E-state index is 0.0613. The van der Waals surface area contributed by atoms with Crippen LogP contribution in [0.15, 0.2) is 30.3 Å². The first-order chi connectivity index (χ1) is 10.9. The van der Waals surface area contributed by atoms with Gasteiger partial charge in [-0.05, 0) is 43.2 Å². The summed E-state index contributed by atoms with van der Waals surface area (Å²) in [6.45, 7) is 3.89. The number of hydrogen-bond donors (Lipinski definition) is 2. The fourth-order valence-electron chi connectivity index (χ4n) is 2.06. The molecule has 6 heteroatoms. The molecule has 0 saturated carbocycles. The molecule has 0 aromatic heterocycles. The fourth-order valence-corrected chi connectivity index (χ4v) is 2.06. The molecule has 2 rings (SSSR count). The van der Waals surface area contributed by atoms with Crippen molar-refractivity contribution in [3.63, 3.8) is 0 Å². The summed E-state index contributed by atoms with van der Waals surface area (Å²) in [4.78, 5) is 11.9. The van der Waals surface area contributed by atoms with Crippen molar-refractivity contribution in [3.8, 4) is 0 Å². The molecule has 0 aliphatic rings. The molecular weight excluding hydrogens is 305 g/mol. The van der Waals surface area contributed by atoms with E-state index in [1.807, 2.05) is 32.0 Å². The van der Waals surface area contributed by atoms with Crippen LogP contribution >= 0.6 is 0 Å². The highest BCUT2D eigenvalue weighted by atomic mass is 19.2. The van der Waals surface area contributed by atoms with Crippen LogP contribution in [0.4, 0.5) is 24.5 Å². The molecule has 0 aliphatic heterocycles. The summed E-state index contributed by atoms with van der Waals surface area (Å²) in [5, 5.41) is 5.35. The van der Waals surface area contributed by atoms with Crippen molar-refractivity contribution >= 4 is 17.3 Å². The van der Waals surface area contributed by atoms with Gasteiger partial charge in [0.15, 0.2) is 17.5 Å². The first-order valence-corrected chi connectivity index (χ1v) is 7.13. The molecule has 0 heterocycles. The molecule has 0 atom stereocenters. The molecule has 2 aromatic carbocycles. The van der Waals surface area contributed by atoms with Gasteiger partial charge in [-0.2, -0.15) is 0 Å². The molecule has 122 valence electrons. The van der Waals surface area contributed by atoms with Crippen LogP contribution in [-0.2, 0) is 4.79 Å². The third kappa shape index (κ3) is 4.25. The summed E-state index contributed by atoms with van der Waals surface area (Å²) in [5.41, 5.74) is 2.49. The zero-order chi connectivity index (χ0) is 17.0. The highest BCUT2D eigenvalue weighted by molar-refractivity contribution is 5.91.